The van der Waals surface area contributed by atoms with Gasteiger partial charge in [0.2, 0.25) is 11.8 Å². The molecule has 10 heteroatoms. The third-order valence-corrected chi connectivity index (χ3v) is 11.0. The minimum absolute atomic E-state index is 0.228. The second-order valence-corrected chi connectivity index (χ2v) is 17.1. The monoisotopic (exact) mass is 818 g/mol. The summed E-state index contributed by atoms with van der Waals surface area (Å²) < 4.78 is 0. The second kappa shape index (κ2) is 39.7. The first-order chi connectivity index (χ1) is 28.0. The Hall–Kier alpha value is -2.72. The van der Waals surface area contributed by atoms with E-state index in [2.05, 4.69) is 76.1 Å². The highest BCUT2D eigenvalue weighted by molar-refractivity contribution is 5.95. The summed E-state index contributed by atoms with van der Waals surface area (Å²) in [7, 11) is 8.37. The number of rotatable bonds is 38. The van der Waals surface area contributed by atoms with E-state index < -0.39 is 5.09 Å². The Bertz CT molecular complexity index is 1020. The molecule has 0 unspecified atom stereocenters. The Morgan fingerprint density at radius 2 is 0.672 bits per heavy atom. The molecule has 1 aromatic rings. The quantitative estimate of drug-likeness (QED) is 0.0402. The van der Waals surface area contributed by atoms with Crippen LogP contribution in [0.2, 0.25) is 0 Å². The molecular formula is C48H91N5O5. The number of nitrogens with zero attached hydrogens (tertiary/aromatic N) is 5. The van der Waals surface area contributed by atoms with Gasteiger partial charge in [0.15, 0.2) is 0 Å². The van der Waals surface area contributed by atoms with Crippen molar-refractivity contribution in [3.63, 3.8) is 0 Å². The largest absolute Gasteiger partial charge is 0.328 e. The summed E-state index contributed by atoms with van der Waals surface area (Å²) in [6.45, 7) is 7.91. The molecule has 2 amide bonds. The summed E-state index contributed by atoms with van der Waals surface area (Å²) in [5.41, 5.74) is 1.91. The Kier molecular flexibility index (Phi) is 37.9. The van der Waals surface area contributed by atoms with E-state index in [0.29, 0.717) is 12.8 Å². The molecule has 0 radical (unpaired) electrons. The summed E-state index contributed by atoms with van der Waals surface area (Å²) in [6, 6.07) is 8.29. The highest BCUT2D eigenvalue weighted by Gasteiger charge is 2.19. The van der Waals surface area contributed by atoms with Crippen LogP contribution < -0.4 is 9.80 Å². The standard InChI is InChI=1S/C48H90N4O2.HNO3/c1-7-9-11-13-15-17-19-21-23-25-27-29-31-35-47(53)51(43-33-41-49(3)4)45-37-39-46(40-38-45)52(44-34-42-50(5)6)48(54)36-32-30-28-26-24-22-20-18-16-14-12-10-8-2;2-1(3)4/h37-40H,7-36,41-44H2,1-6H3;(H,2,3,4). The fourth-order valence-electron chi connectivity index (χ4n) is 7.56. The smallest absolute Gasteiger partial charge is 0.291 e. The van der Waals surface area contributed by atoms with Gasteiger partial charge in [0.05, 0.1) is 0 Å². The van der Waals surface area contributed by atoms with Gasteiger partial charge in [0.1, 0.15) is 0 Å². The van der Waals surface area contributed by atoms with Crippen LogP contribution in [0.1, 0.15) is 206 Å². The van der Waals surface area contributed by atoms with Crippen LogP contribution in [0.15, 0.2) is 24.3 Å². The normalized spacial score (nSPS) is 11.2. The van der Waals surface area contributed by atoms with E-state index in [1.165, 1.54) is 141 Å². The van der Waals surface area contributed by atoms with Crippen LogP contribution >= 0.6 is 0 Å². The van der Waals surface area contributed by atoms with Crippen molar-refractivity contribution in [1.29, 1.82) is 0 Å². The summed E-state index contributed by atoms with van der Waals surface area (Å²) >= 11 is 0. The lowest BCUT2D eigenvalue weighted by molar-refractivity contribution is -0.742. The van der Waals surface area contributed by atoms with Gasteiger partial charge in [-0.05, 0) is 91.2 Å². The fraction of sp³-hybridized carbons (Fsp3) is 0.833. The van der Waals surface area contributed by atoms with E-state index in [0.717, 1.165) is 76.1 Å². The van der Waals surface area contributed by atoms with Crippen LogP contribution in [0.3, 0.4) is 0 Å². The molecule has 1 aromatic carbocycles. The molecule has 338 valence electrons. The van der Waals surface area contributed by atoms with Gasteiger partial charge >= 0.3 is 0 Å². The molecule has 0 aliphatic heterocycles. The number of benzene rings is 1. The van der Waals surface area contributed by atoms with Crippen molar-refractivity contribution >= 4 is 23.2 Å². The van der Waals surface area contributed by atoms with E-state index >= 15 is 0 Å². The summed E-state index contributed by atoms with van der Waals surface area (Å²) in [6.07, 6.45) is 37.2. The lowest BCUT2D eigenvalue weighted by Crippen LogP contribution is -2.34. The lowest BCUT2D eigenvalue weighted by Gasteiger charge is -2.27. The topological polar surface area (TPSA) is 110 Å². The molecule has 58 heavy (non-hydrogen) atoms. The van der Waals surface area contributed by atoms with Crippen molar-refractivity contribution in [2.45, 2.75) is 206 Å². The van der Waals surface area contributed by atoms with Crippen LogP contribution in [0.4, 0.5) is 11.4 Å². The molecule has 10 nitrogen and oxygen atoms in total. The van der Waals surface area contributed by atoms with Crippen molar-refractivity contribution in [1.82, 2.24) is 9.80 Å². The molecule has 0 saturated carbocycles. The SMILES string of the molecule is CCCCCCCCCCCCCCCC(=O)N(CCCN(C)C)c1ccc(N(CCCN(C)C)C(=O)CCCCCCCCCCCCCCC)cc1.O=[N+]([O-])O. The zero-order valence-corrected chi connectivity index (χ0v) is 38.7. The number of carbonyl (C=O) groups is 2. The number of hydrogen-bond donors (Lipinski definition) is 1. The van der Waals surface area contributed by atoms with Crippen LogP contribution in [0.5, 0.6) is 0 Å². The summed E-state index contributed by atoms with van der Waals surface area (Å²) in [5, 5.41) is 13.6. The van der Waals surface area contributed by atoms with Gasteiger partial charge in [-0.2, -0.15) is 0 Å². The zero-order valence-electron chi connectivity index (χ0n) is 38.7. The van der Waals surface area contributed by atoms with Gasteiger partial charge in [0.25, 0.3) is 5.09 Å². The van der Waals surface area contributed by atoms with E-state index in [4.69, 9.17) is 15.3 Å². The fourth-order valence-corrected chi connectivity index (χ4v) is 7.56. The predicted octanol–water partition coefficient (Wildman–Crippen LogP) is 12.9. The minimum atomic E-state index is -1.50. The second-order valence-electron chi connectivity index (χ2n) is 17.1. The average Bonchev–Trinajstić information content (AvgIpc) is 3.18. The number of carbonyl (C=O) groups excluding carboxylic acids is 2. The molecule has 0 saturated heterocycles. The summed E-state index contributed by atoms with van der Waals surface area (Å²) in [5.74, 6) is 0.455. The number of unbranched alkanes of at least 4 members (excludes halogenated alkanes) is 24. The molecule has 1 N–H and O–H groups in total. The molecule has 0 aromatic heterocycles. The van der Waals surface area contributed by atoms with Crippen LogP contribution in [-0.2, 0) is 9.59 Å². The highest BCUT2D eigenvalue weighted by atomic mass is 16.9. The number of anilines is 2. The molecule has 0 atom stereocenters. The van der Waals surface area contributed by atoms with Crippen molar-refractivity contribution in [3.8, 4) is 0 Å². The third-order valence-electron chi connectivity index (χ3n) is 11.0. The van der Waals surface area contributed by atoms with Crippen LogP contribution in [0.25, 0.3) is 0 Å². The molecule has 0 spiro atoms. The van der Waals surface area contributed by atoms with Gasteiger partial charge in [0, 0.05) is 37.3 Å². The van der Waals surface area contributed by atoms with Crippen molar-refractivity contribution < 1.29 is 19.9 Å². The number of hydrogen-bond acceptors (Lipinski definition) is 6. The van der Waals surface area contributed by atoms with Gasteiger partial charge in [-0.15, -0.1) is 10.1 Å². The average molecular weight is 818 g/mol. The third kappa shape index (κ3) is 34.2. The van der Waals surface area contributed by atoms with E-state index in [9.17, 15) is 9.59 Å². The predicted molar refractivity (Wildman–Crippen MR) is 247 cm³/mol. The Morgan fingerprint density at radius 1 is 0.448 bits per heavy atom. The maximum Gasteiger partial charge on any atom is 0.291 e. The Balaban J connectivity index is 0.00000773. The Labute approximate surface area is 357 Å². The van der Waals surface area contributed by atoms with Crippen molar-refractivity contribution in [3.05, 3.63) is 34.4 Å². The van der Waals surface area contributed by atoms with Gasteiger partial charge in [-0.1, -0.05) is 168 Å². The van der Waals surface area contributed by atoms with Crippen molar-refractivity contribution in [2.24, 2.45) is 0 Å². The maximum absolute atomic E-state index is 13.6. The molecule has 0 aliphatic rings. The van der Waals surface area contributed by atoms with Gasteiger partial charge in [-0.25, -0.2) is 0 Å². The molecule has 0 aliphatic carbocycles. The van der Waals surface area contributed by atoms with Gasteiger partial charge < -0.3 is 24.8 Å². The minimum Gasteiger partial charge on any atom is -0.328 e. The molecule has 0 heterocycles. The maximum atomic E-state index is 13.6. The lowest BCUT2D eigenvalue weighted by atomic mass is 10.0. The van der Waals surface area contributed by atoms with Crippen molar-refractivity contribution in [2.75, 3.05) is 64.2 Å². The molecular weight excluding hydrogens is 727 g/mol. The molecule has 1 rings (SSSR count). The van der Waals surface area contributed by atoms with E-state index in [-0.39, 0.29) is 11.8 Å². The van der Waals surface area contributed by atoms with Crippen LogP contribution in [0, 0.1) is 10.1 Å². The van der Waals surface area contributed by atoms with Gasteiger partial charge in [-0.3, -0.25) is 9.59 Å². The van der Waals surface area contributed by atoms with E-state index in [1.54, 1.807) is 0 Å². The molecule has 0 fully saturated rings. The highest BCUT2D eigenvalue weighted by Crippen LogP contribution is 2.24. The molecule has 0 bridgehead atoms. The Morgan fingerprint density at radius 3 is 0.897 bits per heavy atom. The zero-order chi connectivity index (χ0) is 43.1. The first-order valence-electron chi connectivity index (χ1n) is 23.9. The number of amides is 2. The first-order valence-corrected chi connectivity index (χ1v) is 23.9. The summed E-state index contributed by atoms with van der Waals surface area (Å²) in [4.78, 5) is 43.9. The van der Waals surface area contributed by atoms with Crippen LogP contribution in [-0.4, -0.2) is 86.3 Å². The van der Waals surface area contributed by atoms with E-state index in [1.807, 2.05) is 9.80 Å². The first kappa shape index (κ1) is 55.3.